The van der Waals surface area contributed by atoms with E-state index in [0.29, 0.717) is 31.3 Å². The van der Waals surface area contributed by atoms with Crippen LogP contribution in [0, 0.1) is 11.7 Å². The highest BCUT2D eigenvalue weighted by atomic mass is 19.1. The lowest BCUT2D eigenvalue weighted by Gasteiger charge is -2.36. The Morgan fingerprint density at radius 1 is 1.10 bits per heavy atom. The zero-order chi connectivity index (χ0) is 27.9. The molecule has 1 atom stereocenters. The van der Waals surface area contributed by atoms with Gasteiger partial charge in [0.25, 0.3) is 5.89 Å². The minimum absolute atomic E-state index is 0.0125. The van der Waals surface area contributed by atoms with Crippen LogP contribution in [0.2, 0.25) is 0 Å². The number of ether oxygens (including phenoxy) is 1. The Bertz CT molecular complexity index is 1290. The van der Waals surface area contributed by atoms with E-state index >= 15 is 0 Å². The monoisotopic (exact) mass is 549 g/mol. The number of benzene rings is 2. The van der Waals surface area contributed by atoms with E-state index in [1.54, 1.807) is 19.1 Å². The van der Waals surface area contributed by atoms with E-state index in [9.17, 15) is 14.0 Å². The summed E-state index contributed by atoms with van der Waals surface area (Å²) >= 11 is 0. The summed E-state index contributed by atoms with van der Waals surface area (Å²) in [5.74, 6) is 0.537. The van der Waals surface area contributed by atoms with Gasteiger partial charge in [-0.2, -0.15) is 4.98 Å². The zero-order valence-corrected chi connectivity index (χ0v) is 22.9. The summed E-state index contributed by atoms with van der Waals surface area (Å²) in [6, 6.07) is 13.5. The normalized spacial score (nSPS) is 17.1. The van der Waals surface area contributed by atoms with Crippen molar-refractivity contribution in [1.82, 2.24) is 25.3 Å². The van der Waals surface area contributed by atoms with Crippen LogP contribution in [-0.4, -0.2) is 77.1 Å². The molecule has 3 aromatic rings. The van der Waals surface area contributed by atoms with Gasteiger partial charge >= 0.3 is 0 Å². The molecule has 0 spiro atoms. The molecule has 9 nitrogen and oxygen atoms in total. The first kappa shape index (κ1) is 27.8. The maximum Gasteiger partial charge on any atom is 0.258 e. The van der Waals surface area contributed by atoms with Gasteiger partial charge in [-0.15, -0.1) is 0 Å². The van der Waals surface area contributed by atoms with Gasteiger partial charge in [-0.1, -0.05) is 36.2 Å². The molecular formula is C30H36FN5O4. The van der Waals surface area contributed by atoms with Crippen LogP contribution in [-0.2, 0) is 9.59 Å². The second kappa shape index (κ2) is 13.0. The number of rotatable bonds is 10. The Hall–Kier alpha value is -3.79. The highest BCUT2D eigenvalue weighted by Crippen LogP contribution is 2.27. The number of hydrogen-bond donors (Lipinski definition) is 1. The molecule has 2 aromatic carbocycles. The second-order valence-corrected chi connectivity index (χ2v) is 10.5. The Balaban J connectivity index is 1.02. The Kier molecular flexibility index (Phi) is 9.05. The van der Waals surface area contributed by atoms with E-state index in [2.05, 4.69) is 20.4 Å². The minimum atomic E-state index is -0.495. The van der Waals surface area contributed by atoms with Gasteiger partial charge in [0.15, 0.2) is 0 Å². The third-order valence-corrected chi connectivity index (χ3v) is 7.65. The molecule has 2 fully saturated rings. The van der Waals surface area contributed by atoms with Crippen molar-refractivity contribution in [3.8, 4) is 28.6 Å². The number of carbonyl (C=O) groups is 2. The summed E-state index contributed by atoms with van der Waals surface area (Å²) < 4.78 is 25.9. The molecular weight excluding hydrogens is 513 g/mol. The molecule has 5 rings (SSSR count). The van der Waals surface area contributed by atoms with Gasteiger partial charge in [0.1, 0.15) is 17.6 Å². The Labute approximate surface area is 233 Å². The molecule has 2 heterocycles. The summed E-state index contributed by atoms with van der Waals surface area (Å²) in [6.07, 6.45) is 4.80. The predicted molar refractivity (Wildman–Crippen MR) is 148 cm³/mol. The highest BCUT2D eigenvalue weighted by Gasteiger charge is 2.29. The van der Waals surface area contributed by atoms with E-state index in [1.807, 2.05) is 35.2 Å². The molecule has 0 radical (unpaired) electrons. The third-order valence-electron chi connectivity index (χ3n) is 7.65. The van der Waals surface area contributed by atoms with Crippen LogP contribution in [0.4, 0.5) is 4.39 Å². The summed E-state index contributed by atoms with van der Waals surface area (Å²) in [4.78, 5) is 33.6. The van der Waals surface area contributed by atoms with Gasteiger partial charge < -0.3 is 19.5 Å². The molecule has 0 unspecified atom stereocenters. The molecule has 2 amide bonds. The van der Waals surface area contributed by atoms with E-state index in [-0.39, 0.29) is 29.1 Å². The van der Waals surface area contributed by atoms with E-state index < -0.39 is 11.9 Å². The van der Waals surface area contributed by atoms with Gasteiger partial charge in [-0.3, -0.25) is 14.5 Å². The van der Waals surface area contributed by atoms with Crippen LogP contribution in [0.1, 0.15) is 39.0 Å². The molecule has 1 saturated carbocycles. The number of amides is 2. The molecule has 1 N–H and O–H groups in total. The first-order valence-corrected chi connectivity index (χ1v) is 14.1. The molecule has 1 aromatic heterocycles. The van der Waals surface area contributed by atoms with Crippen molar-refractivity contribution >= 4 is 11.8 Å². The maximum absolute atomic E-state index is 14.8. The van der Waals surface area contributed by atoms with E-state index in [1.165, 1.54) is 6.07 Å². The van der Waals surface area contributed by atoms with Crippen LogP contribution >= 0.6 is 0 Å². The first-order chi connectivity index (χ1) is 19.5. The molecule has 40 heavy (non-hydrogen) atoms. The van der Waals surface area contributed by atoms with Crippen molar-refractivity contribution in [3.63, 3.8) is 0 Å². The van der Waals surface area contributed by atoms with Crippen molar-refractivity contribution in [1.29, 1.82) is 0 Å². The van der Waals surface area contributed by atoms with Crippen molar-refractivity contribution in [2.24, 2.45) is 5.92 Å². The fraction of sp³-hybridized carbons (Fsp3) is 0.467. The van der Waals surface area contributed by atoms with E-state index in [0.717, 1.165) is 57.3 Å². The Morgan fingerprint density at radius 2 is 1.85 bits per heavy atom. The summed E-state index contributed by atoms with van der Waals surface area (Å²) in [5, 5.41) is 6.83. The molecule has 212 valence electrons. The van der Waals surface area contributed by atoms with Crippen molar-refractivity contribution in [3.05, 3.63) is 54.3 Å². The van der Waals surface area contributed by atoms with Crippen molar-refractivity contribution in [2.75, 3.05) is 39.3 Å². The van der Waals surface area contributed by atoms with Crippen molar-refractivity contribution in [2.45, 2.75) is 45.1 Å². The van der Waals surface area contributed by atoms with Gasteiger partial charge in [-0.25, -0.2) is 4.39 Å². The Morgan fingerprint density at radius 3 is 2.58 bits per heavy atom. The number of aromatic nitrogens is 2. The predicted octanol–water partition coefficient (Wildman–Crippen LogP) is 4.15. The number of piperazine rings is 1. The number of nitrogens with one attached hydrogen (secondary N) is 1. The number of halogens is 1. The number of nitrogens with zero attached hydrogens (tertiary/aromatic N) is 4. The smallest absolute Gasteiger partial charge is 0.258 e. The number of hydrogen-bond acceptors (Lipinski definition) is 7. The molecule has 1 aliphatic heterocycles. The number of carbonyl (C=O) groups excluding carboxylic acids is 2. The van der Waals surface area contributed by atoms with Gasteiger partial charge in [-0.05, 0) is 50.5 Å². The molecule has 1 aliphatic carbocycles. The largest absolute Gasteiger partial charge is 0.493 e. The lowest BCUT2D eigenvalue weighted by Crippen LogP contribution is -2.54. The average Bonchev–Trinajstić information content (AvgIpc) is 3.69. The van der Waals surface area contributed by atoms with Crippen LogP contribution in [0.5, 0.6) is 5.75 Å². The van der Waals surface area contributed by atoms with Gasteiger partial charge in [0, 0.05) is 50.3 Å². The third kappa shape index (κ3) is 6.85. The van der Waals surface area contributed by atoms with E-state index in [4.69, 9.17) is 9.26 Å². The lowest BCUT2D eigenvalue weighted by atomic mass is 10.1. The quantitative estimate of drug-likeness (QED) is 0.379. The maximum atomic E-state index is 14.8. The highest BCUT2D eigenvalue weighted by molar-refractivity contribution is 5.88. The topological polar surface area (TPSA) is 101 Å². The average molecular weight is 550 g/mol. The van der Waals surface area contributed by atoms with Gasteiger partial charge in [0.2, 0.25) is 17.6 Å². The van der Waals surface area contributed by atoms with Crippen LogP contribution in [0.3, 0.4) is 0 Å². The van der Waals surface area contributed by atoms with Crippen LogP contribution < -0.4 is 10.1 Å². The standard InChI is InChI=1S/C30H36FN5O4/c1-21(32-28(37)22-8-5-6-9-22)30(38)36-17-15-35(16-18-36)14-7-19-39-24-12-13-25(26(31)20-24)27-33-29(40-34-27)23-10-3-2-4-11-23/h2-4,10-13,20-22H,5-9,14-19H2,1H3,(H,32,37)/t21-/m1/s1. The molecule has 2 aliphatic rings. The SMILES string of the molecule is C[C@@H](NC(=O)C1CCCC1)C(=O)N1CCN(CCCOc2ccc(-c3noc(-c4ccccc4)n3)c(F)c2)CC1. The van der Waals surface area contributed by atoms with Crippen LogP contribution in [0.15, 0.2) is 53.1 Å². The van der Waals surface area contributed by atoms with Crippen molar-refractivity contribution < 1.29 is 23.2 Å². The molecule has 1 saturated heterocycles. The second-order valence-electron chi connectivity index (χ2n) is 10.5. The lowest BCUT2D eigenvalue weighted by molar-refractivity contribution is -0.138. The summed E-state index contributed by atoms with van der Waals surface area (Å²) in [6.45, 7) is 5.86. The first-order valence-electron chi connectivity index (χ1n) is 14.1. The van der Waals surface area contributed by atoms with Gasteiger partial charge in [0.05, 0.1) is 12.2 Å². The fourth-order valence-corrected chi connectivity index (χ4v) is 5.32. The molecule has 10 heteroatoms. The van der Waals surface area contributed by atoms with Crippen LogP contribution in [0.25, 0.3) is 22.8 Å². The summed E-state index contributed by atoms with van der Waals surface area (Å²) in [7, 11) is 0. The molecule has 0 bridgehead atoms. The minimum Gasteiger partial charge on any atom is -0.493 e. The zero-order valence-electron chi connectivity index (χ0n) is 22.9. The fourth-order valence-electron chi connectivity index (χ4n) is 5.32. The summed E-state index contributed by atoms with van der Waals surface area (Å²) in [5.41, 5.74) is 1.02.